The third-order valence-electron chi connectivity index (χ3n) is 5.07. The molecule has 0 saturated heterocycles. The van der Waals surface area contributed by atoms with Gasteiger partial charge in [-0.15, -0.1) is 61.7 Å². The predicted molar refractivity (Wildman–Crippen MR) is 134 cm³/mol. The van der Waals surface area contributed by atoms with Crippen LogP contribution in [0.1, 0.15) is 11.1 Å². The van der Waals surface area contributed by atoms with Crippen molar-refractivity contribution in [3.63, 3.8) is 0 Å². The molecule has 2 aromatic carbocycles. The maximum atomic E-state index is 5.34. The second kappa shape index (κ2) is 15.1. The summed E-state index contributed by atoms with van der Waals surface area (Å²) in [5.41, 5.74) is 2.16. The van der Waals surface area contributed by atoms with Crippen molar-refractivity contribution in [2.24, 2.45) is 0 Å². The molecule has 2 aromatic rings. The third kappa shape index (κ3) is 8.64. The molecule has 1 radical (unpaired) electrons. The summed E-state index contributed by atoms with van der Waals surface area (Å²) in [7, 11) is 0. The molecule has 35 heavy (non-hydrogen) atoms. The first-order valence-electron chi connectivity index (χ1n) is 11.2. The zero-order chi connectivity index (χ0) is 24.2. The summed E-state index contributed by atoms with van der Waals surface area (Å²) in [4.78, 5) is 4.43. The summed E-state index contributed by atoms with van der Waals surface area (Å²) < 4.78 is 21.2. The normalized spacial score (nSPS) is 12.4. The molecule has 0 atom stereocenters. The van der Waals surface area contributed by atoms with E-state index in [1.165, 1.54) is 0 Å². The van der Waals surface area contributed by atoms with Crippen LogP contribution in [0, 0.1) is 12.1 Å². The van der Waals surface area contributed by atoms with Crippen LogP contribution in [0.25, 0.3) is 0 Å². The van der Waals surface area contributed by atoms with Gasteiger partial charge in [-0.1, -0.05) is 24.3 Å². The van der Waals surface area contributed by atoms with E-state index < -0.39 is 0 Å². The SMILES string of the molecule is C=CCN(CC=C)Cc1[c-]cc2c(c1)OCO2.C=CCN(CC=C)Cc1[c-]cc2c(c1)OCO2.[Cu+2]. The van der Waals surface area contributed by atoms with Crippen LogP contribution >= 0.6 is 0 Å². The van der Waals surface area contributed by atoms with Gasteiger partial charge in [0, 0.05) is 39.3 Å². The maximum Gasteiger partial charge on any atom is 2.00 e. The summed E-state index contributed by atoms with van der Waals surface area (Å²) in [5.74, 6) is 3.15. The van der Waals surface area contributed by atoms with Gasteiger partial charge in [-0.25, -0.2) is 0 Å². The Balaban J connectivity index is 0.000000240. The Morgan fingerprint density at radius 1 is 0.629 bits per heavy atom. The van der Waals surface area contributed by atoms with Crippen molar-refractivity contribution < 1.29 is 36.0 Å². The van der Waals surface area contributed by atoms with Crippen molar-refractivity contribution in [2.75, 3.05) is 39.8 Å². The van der Waals surface area contributed by atoms with E-state index in [0.29, 0.717) is 13.6 Å². The van der Waals surface area contributed by atoms with Gasteiger partial charge < -0.3 is 18.9 Å². The maximum absolute atomic E-state index is 5.34. The first-order valence-corrected chi connectivity index (χ1v) is 11.2. The average molecular weight is 524 g/mol. The van der Waals surface area contributed by atoms with E-state index in [4.69, 9.17) is 18.9 Å². The van der Waals surface area contributed by atoms with Gasteiger partial charge >= 0.3 is 17.1 Å². The fourth-order valence-electron chi connectivity index (χ4n) is 3.57. The number of rotatable bonds is 12. The number of benzene rings is 2. The summed E-state index contributed by atoms with van der Waals surface area (Å²) in [6.45, 7) is 20.5. The number of hydrogen-bond donors (Lipinski definition) is 0. The Morgan fingerprint density at radius 3 is 1.31 bits per heavy atom. The van der Waals surface area contributed by atoms with Crippen LogP contribution in [-0.2, 0) is 30.2 Å². The molecule has 0 unspecified atom stereocenters. The summed E-state index contributed by atoms with van der Waals surface area (Å²) in [6.07, 6.45) is 7.54. The Hall–Kier alpha value is -2.96. The standard InChI is InChI=1S/2C14H16NO2.Cu/c2*1-3-7-15(8-4-2)10-12-5-6-13-14(9-12)17-11-16-13;/h2*3-4,6,9H,1-2,7-8,10-11H2;/q2*-1;+2. The first-order chi connectivity index (χ1) is 16.7. The largest absolute Gasteiger partial charge is 2.00 e. The first kappa shape index (κ1) is 28.3. The van der Waals surface area contributed by atoms with E-state index in [0.717, 1.165) is 73.4 Å². The fraction of sp³-hybridized carbons (Fsp3) is 0.286. The average Bonchev–Trinajstić information content (AvgIpc) is 3.49. The third-order valence-corrected chi connectivity index (χ3v) is 5.07. The molecule has 0 bridgehead atoms. The number of nitrogens with zero attached hydrogens (tertiary/aromatic N) is 2. The van der Waals surface area contributed by atoms with Gasteiger partial charge in [-0.05, 0) is 0 Å². The minimum absolute atomic E-state index is 0. The van der Waals surface area contributed by atoms with E-state index >= 15 is 0 Å². The molecule has 2 aliphatic rings. The zero-order valence-corrected chi connectivity index (χ0v) is 20.9. The Morgan fingerprint density at radius 2 is 0.971 bits per heavy atom. The summed E-state index contributed by atoms with van der Waals surface area (Å²) >= 11 is 0. The monoisotopic (exact) mass is 523 g/mol. The molecular weight excluding hydrogens is 492 g/mol. The van der Waals surface area contributed by atoms with E-state index in [2.05, 4.69) is 48.2 Å². The van der Waals surface area contributed by atoms with Crippen molar-refractivity contribution >= 4 is 0 Å². The Kier molecular flexibility index (Phi) is 12.2. The van der Waals surface area contributed by atoms with Crippen LogP contribution in [-0.4, -0.2) is 49.6 Å². The molecule has 0 spiro atoms. The summed E-state index contributed by atoms with van der Waals surface area (Å²) in [6, 6.07) is 14.0. The number of fused-ring (bicyclic) bond motifs is 2. The van der Waals surface area contributed by atoms with E-state index in [1.807, 2.05) is 48.6 Å². The molecule has 0 amide bonds. The number of ether oxygens (including phenoxy) is 4. The molecule has 7 heteroatoms. The second-order valence-electron chi connectivity index (χ2n) is 7.73. The van der Waals surface area contributed by atoms with Crippen LogP contribution in [0.5, 0.6) is 23.0 Å². The predicted octanol–water partition coefficient (Wildman–Crippen LogP) is 4.78. The van der Waals surface area contributed by atoms with E-state index in [9.17, 15) is 0 Å². The molecule has 0 aliphatic carbocycles. The number of hydrogen-bond acceptors (Lipinski definition) is 6. The topological polar surface area (TPSA) is 43.4 Å². The molecule has 0 fully saturated rings. The molecule has 6 nitrogen and oxygen atoms in total. The van der Waals surface area contributed by atoms with Crippen molar-refractivity contribution in [2.45, 2.75) is 13.1 Å². The smallest absolute Gasteiger partial charge is 0.516 e. The van der Waals surface area contributed by atoms with Gasteiger partial charge in [0.2, 0.25) is 13.6 Å². The molecular formula is C28H32CuN2O4. The van der Waals surface area contributed by atoms with Gasteiger partial charge in [0.15, 0.2) is 0 Å². The zero-order valence-electron chi connectivity index (χ0n) is 19.9. The van der Waals surface area contributed by atoms with E-state index in [-0.39, 0.29) is 17.1 Å². The van der Waals surface area contributed by atoms with Crippen molar-refractivity contribution in [3.05, 3.63) is 98.1 Å². The van der Waals surface area contributed by atoms with Gasteiger partial charge in [0.05, 0.1) is 23.0 Å². The molecule has 189 valence electrons. The van der Waals surface area contributed by atoms with Crippen molar-refractivity contribution in [1.82, 2.24) is 9.80 Å². The quantitative estimate of drug-likeness (QED) is 0.227. The summed E-state index contributed by atoms with van der Waals surface area (Å²) in [5, 5.41) is 0. The van der Waals surface area contributed by atoms with Crippen LogP contribution in [0.15, 0.2) is 74.9 Å². The molecule has 2 heterocycles. The van der Waals surface area contributed by atoms with Crippen LogP contribution in [0.2, 0.25) is 0 Å². The van der Waals surface area contributed by atoms with E-state index in [1.54, 1.807) is 0 Å². The molecule has 2 aliphatic heterocycles. The van der Waals surface area contributed by atoms with Gasteiger partial charge in [0.25, 0.3) is 0 Å². The van der Waals surface area contributed by atoms with Crippen molar-refractivity contribution in [1.29, 1.82) is 0 Å². The second-order valence-corrected chi connectivity index (χ2v) is 7.73. The van der Waals surface area contributed by atoms with Gasteiger partial charge in [-0.2, -0.15) is 12.1 Å². The molecule has 0 N–H and O–H groups in total. The molecule has 0 aromatic heterocycles. The minimum Gasteiger partial charge on any atom is -0.516 e. The van der Waals surface area contributed by atoms with Crippen LogP contribution < -0.4 is 18.9 Å². The fourth-order valence-corrected chi connectivity index (χ4v) is 3.57. The van der Waals surface area contributed by atoms with Gasteiger partial charge in [-0.3, -0.25) is 9.80 Å². The minimum atomic E-state index is 0. The molecule has 4 rings (SSSR count). The Labute approximate surface area is 219 Å². The van der Waals surface area contributed by atoms with Gasteiger partial charge in [0.1, 0.15) is 0 Å². The van der Waals surface area contributed by atoms with Crippen molar-refractivity contribution in [3.8, 4) is 23.0 Å². The van der Waals surface area contributed by atoms with Crippen LogP contribution in [0.4, 0.5) is 0 Å². The Bertz CT molecular complexity index is 895. The molecule has 0 saturated carbocycles. The van der Waals surface area contributed by atoms with Crippen LogP contribution in [0.3, 0.4) is 0 Å².